The Hall–Kier alpha value is -5.44. The molecule has 5 amide bonds. The number of aliphatic carboxylic acids is 1. The Morgan fingerprint density at radius 1 is 0.792 bits per heavy atom. The minimum absolute atomic E-state index is 0.00811. The van der Waals surface area contributed by atoms with Gasteiger partial charge in [-0.25, -0.2) is 0 Å². The van der Waals surface area contributed by atoms with Crippen LogP contribution < -0.4 is 32.7 Å². The van der Waals surface area contributed by atoms with Crippen LogP contribution >= 0.6 is 0 Å². The normalized spacial score (nSPS) is 14.3. The molecular formula is C33H43N7O8. The highest BCUT2D eigenvalue weighted by Crippen LogP contribution is 2.19. The average Bonchev–Trinajstić information content (AvgIpc) is 3.44. The lowest BCUT2D eigenvalue weighted by atomic mass is 9.99. The summed E-state index contributed by atoms with van der Waals surface area (Å²) in [5, 5.41) is 29.9. The molecule has 11 N–H and O–H groups in total. The number of nitrogens with one attached hydrogen (secondary N) is 5. The fourth-order valence-corrected chi connectivity index (χ4v) is 4.97. The largest absolute Gasteiger partial charge is 0.508 e. The number of amides is 5. The third-order valence-corrected chi connectivity index (χ3v) is 7.75. The molecule has 0 radical (unpaired) electrons. The Labute approximate surface area is 277 Å². The minimum Gasteiger partial charge on any atom is -0.508 e. The standard InChI is InChI=1S/C33H43N7O8/c1-17(2)28(32(46)38-25(12-13-27(35)42)30(44)37-18(3)33(47)48)40-31(45)26(14-19-8-10-21(41)11-9-19)39-29(43)23(34)15-20-16-36-24-7-5-4-6-22(20)24/h4-11,16-18,23,25-26,28,36,41H,12-15,34H2,1-3H3,(H2,35,42)(H,37,44)(H,38,46)(H,39,43)(H,40,45)(H,47,48)/t18-,23-,25-,26-,28-/m0/s1. The molecule has 0 unspecified atom stereocenters. The lowest BCUT2D eigenvalue weighted by Gasteiger charge is -2.28. The summed E-state index contributed by atoms with van der Waals surface area (Å²) in [5.74, 6) is -5.51. The monoisotopic (exact) mass is 665 g/mol. The van der Waals surface area contributed by atoms with Gasteiger partial charge in [-0.2, -0.15) is 0 Å². The van der Waals surface area contributed by atoms with Crippen molar-refractivity contribution in [3.05, 3.63) is 65.9 Å². The zero-order valence-corrected chi connectivity index (χ0v) is 27.0. The number of phenolic OH excluding ortho intramolecular Hbond substituents is 1. The van der Waals surface area contributed by atoms with Crippen molar-refractivity contribution in [3.63, 3.8) is 0 Å². The van der Waals surface area contributed by atoms with Gasteiger partial charge < -0.3 is 47.9 Å². The second kappa shape index (κ2) is 16.9. The van der Waals surface area contributed by atoms with Crippen molar-refractivity contribution < 1.29 is 39.0 Å². The first-order valence-corrected chi connectivity index (χ1v) is 15.5. The summed E-state index contributed by atoms with van der Waals surface area (Å²) in [6.07, 6.45) is 1.43. The summed E-state index contributed by atoms with van der Waals surface area (Å²) in [5.41, 5.74) is 13.8. The number of fused-ring (bicyclic) bond motifs is 1. The van der Waals surface area contributed by atoms with Gasteiger partial charge in [0, 0.05) is 29.9 Å². The molecule has 0 saturated heterocycles. The summed E-state index contributed by atoms with van der Waals surface area (Å²) < 4.78 is 0. The first kappa shape index (κ1) is 37.0. The molecule has 48 heavy (non-hydrogen) atoms. The number of hydrogen-bond donors (Lipinski definition) is 9. The summed E-state index contributed by atoms with van der Waals surface area (Å²) in [6.45, 7) is 4.54. The molecule has 0 saturated carbocycles. The molecule has 0 aliphatic heterocycles. The maximum absolute atomic E-state index is 13.7. The number of rotatable bonds is 17. The molecule has 0 fully saturated rings. The molecule has 1 heterocycles. The van der Waals surface area contributed by atoms with E-state index in [1.165, 1.54) is 19.1 Å². The molecule has 0 spiro atoms. The van der Waals surface area contributed by atoms with Crippen molar-refractivity contribution in [1.29, 1.82) is 0 Å². The van der Waals surface area contributed by atoms with Gasteiger partial charge in [0.05, 0.1) is 6.04 Å². The third kappa shape index (κ3) is 10.6. The third-order valence-electron chi connectivity index (χ3n) is 7.75. The van der Waals surface area contributed by atoms with Crippen LogP contribution in [0.2, 0.25) is 0 Å². The molecule has 3 rings (SSSR count). The van der Waals surface area contributed by atoms with Crippen LogP contribution in [0, 0.1) is 5.92 Å². The van der Waals surface area contributed by atoms with Crippen LogP contribution in [0.25, 0.3) is 10.9 Å². The molecule has 15 heteroatoms. The topological polar surface area (TPSA) is 259 Å². The Balaban J connectivity index is 1.79. The first-order chi connectivity index (χ1) is 22.7. The Morgan fingerprint density at radius 2 is 1.42 bits per heavy atom. The molecule has 1 aromatic heterocycles. The Kier molecular flexibility index (Phi) is 13.1. The number of H-pyrrole nitrogens is 1. The van der Waals surface area contributed by atoms with Crippen LogP contribution in [0.15, 0.2) is 54.7 Å². The second-order valence-electron chi connectivity index (χ2n) is 12.0. The lowest BCUT2D eigenvalue weighted by molar-refractivity contribution is -0.142. The van der Waals surface area contributed by atoms with Gasteiger partial charge in [0.25, 0.3) is 0 Å². The number of phenols is 1. The van der Waals surface area contributed by atoms with Crippen LogP contribution in [0.5, 0.6) is 5.75 Å². The fourth-order valence-electron chi connectivity index (χ4n) is 4.97. The van der Waals surface area contributed by atoms with Gasteiger partial charge in [-0.15, -0.1) is 0 Å². The fraction of sp³-hybridized carbons (Fsp3) is 0.394. The van der Waals surface area contributed by atoms with Gasteiger partial charge >= 0.3 is 5.97 Å². The van der Waals surface area contributed by atoms with Gasteiger partial charge in [-0.05, 0) is 55.0 Å². The van der Waals surface area contributed by atoms with Crippen molar-refractivity contribution in [3.8, 4) is 5.75 Å². The van der Waals surface area contributed by atoms with E-state index in [1.54, 1.807) is 32.2 Å². The Bertz CT molecular complexity index is 1620. The number of carboxylic acid groups (broad SMARTS) is 1. The number of primary amides is 1. The molecule has 0 bridgehead atoms. The van der Waals surface area contributed by atoms with Crippen LogP contribution in [-0.4, -0.2) is 80.9 Å². The number of hydrogen-bond acceptors (Lipinski definition) is 8. The van der Waals surface area contributed by atoms with Crippen LogP contribution in [-0.2, 0) is 41.6 Å². The maximum atomic E-state index is 13.7. The predicted octanol–water partition coefficient (Wildman–Crippen LogP) is -0.0488. The van der Waals surface area contributed by atoms with Crippen molar-refractivity contribution >= 4 is 46.4 Å². The molecule has 15 nitrogen and oxygen atoms in total. The van der Waals surface area contributed by atoms with Crippen molar-refractivity contribution in [2.75, 3.05) is 0 Å². The zero-order chi connectivity index (χ0) is 35.5. The molecule has 3 aromatic rings. The first-order valence-electron chi connectivity index (χ1n) is 15.5. The number of nitrogens with two attached hydrogens (primary N) is 2. The van der Waals surface area contributed by atoms with Gasteiger partial charge in [0.15, 0.2) is 0 Å². The number of carboxylic acids is 1. The highest BCUT2D eigenvalue weighted by atomic mass is 16.4. The summed E-state index contributed by atoms with van der Waals surface area (Å²) in [7, 11) is 0. The van der Waals surface area contributed by atoms with E-state index >= 15 is 0 Å². The van der Waals surface area contributed by atoms with Crippen molar-refractivity contribution in [2.24, 2.45) is 17.4 Å². The highest BCUT2D eigenvalue weighted by molar-refractivity contribution is 5.96. The number of aromatic nitrogens is 1. The SMILES string of the molecule is CC(C)[C@H](NC(=O)[C@H](Cc1ccc(O)cc1)NC(=O)[C@@H](N)Cc1c[nH]c2ccccc12)C(=O)N[C@@H](CCC(N)=O)C(=O)N[C@@H](C)C(=O)O. The van der Waals surface area contributed by atoms with Crippen LogP contribution in [0.1, 0.15) is 44.7 Å². The van der Waals surface area contributed by atoms with Gasteiger partial charge in [-0.1, -0.05) is 44.2 Å². The highest BCUT2D eigenvalue weighted by Gasteiger charge is 2.33. The predicted molar refractivity (Wildman–Crippen MR) is 176 cm³/mol. The zero-order valence-electron chi connectivity index (χ0n) is 27.0. The van der Waals surface area contributed by atoms with E-state index in [1.807, 2.05) is 24.3 Å². The van der Waals surface area contributed by atoms with Gasteiger partial charge in [0.2, 0.25) is 29.5 Å². The number of aromatic amines is 1. The number of benzene rings is 2. The van der Waals surface area contributed by atoms with E-state index in [0.717, 1.165) is 16.5 Å². The van der Waals surface area contributed by atoms with Gasteiger partial charge in [0.1, 0.15) is 29.9 Å². The van der Waals surface area contributed by atoms with E-state index in [0.29, 0.717) is 5.56 Å². The van der Waals surface area contributed by atoms with E-state index < -0.39 is 71.6 Å². The molecule has 0 aliphatic carbocycles. The van der Waals surface area contributed by atoms with E-state index in [9.17, 15) is 39.0 Å². The van der Waals surface area contributed by atoms with Crippen molar-refractivity contribution in [1.82, 2.24) is 26.3 Å². The molecular weight excluding hydrogens is 622 g/mol. The number of para-hydroxylation sites is 1. The van der Waals surface area contributed by atoms with Crippen LogP contribution in [0.3, 0.4) is 0 Å². The second-order valence-corrected chi connectivity index (χ2v) is 12.0. The minimum atomic E-state index is -1.33. The number of carbonyl (C=O) groups is 6. The quantitative estimate of drug-likeness (QED) is 0.0935. The maximum Gasteiger partial charge on any atom is 0.325 e. The average molecular weight is 666 g/mol. The van der Waals surface area contributed by atoms with E-state index in [-0.39, 0.29) is 31.4 Å². The lowest BCUT2D eigenvalue weighted by Crippen LogP contribution is -2.60. The van der Waals surface area contributed by atoms with Crippen LogP contribution in [0.4, 0.5) is 0 Å². The molecule has 2 aromatic carbocycles. The summed E-state index contributed by atoms with van der Waals surface area (Å²) in [4.78, 5) is 79.1. The summed E-state index contributed by atoms with van der Waals surface area (Å²) in [6, 6.07) is 7.53. The Morgan fingerprint density at radius 3 is 2.04 bits per heavy atom. The number of aromatic hydroxyl groups is 1. The number of carbonyl (C=O) groups excluding carboxylic acids is 5. The van der Waals surface area contributed by atoms with E-state index in [2.05, 4.69) is 26.3 Å². The smallest absolute Gasteiger partial charge is 0.325 e. The van der Waals surface area contributed by atoms with Crippen molar-refractivity contribution in [2.45, 2.75) is 76.7 Å². The van der Waals surface area contributed by atoms with E-state index in [4.69, 9.17) is 11.5 Å². The molecule has 258 valence electrons. The molecule has 5 atom stereocenters. The van der Waals surface area contributed by atoms with Gasteiger partial charge in [-0.3, -0.25) is 28.8 Å². The summed E-state index contributed by atoms with van der Waals surface area (Å²) >= 11 is 0. The molecule has 0 aliphatic rings.